The molecular formula is C17H17N7O. The molecule has 4 rings (SSSR count). The van der Waals surface area contributed by atoms with Gasteiger partial charge in [-0.25, -0.2) is 9.78 Å². The van der Waals surface area contributed by atoms with Gasteiger partial charge in [-0.15, -0.1) is 5.10 Å². The van der Waals surface area contributed by atoms with Crippen LogP contribution in [0.3, 0.4) is 0 Å². The number of hydrogen-bond donors (Lipinski definition) is 2. The van der Waals surface area contributed by atoms with Gasteiger partial charge in [0, 0.05) is 18.8 Å². The first kappa shape index (κ1) is 15.3. The summed E-state index contributed by atoms with van der Waals surface area (Å²) in [7, 11) is 1.87. The van der Waals surface area contributed by atoms with Gasteiger partial charge < -0.3 is 5.32 Å². The maximum Gasteiger partial charge on any atom is 0.322 e. The van der Waals surface area contributed by atoms with Crippen LogP contribution < -0.4 is 10.6 Å². The van der Waals surface area contributed by atoms with Crippen molar-refractivity contribution in [3.63, 3.8) is 0 Å². The minimum atomic E-state index is -0.361. The lowest BCUT2D eigenvalue weighted by molar-refractivity contribution is 0.246. The van der Waals surface area contributed by atoms with E-state index in [4.69, 9.17) is 0 Å². The summed E-state index contributed by atoms with van der Waals surface area (Å²) in [6, 6.07) is 11.2. The molecule has 2 N–H and O–H groups in total. The van der Waals surface area contributed by atoms with Crippen LogP contribution in [0.15, 0.2) is 48.8 Å². The van der Waals surface area contributed by atoms with Crippen LogP contribution in [0.4, 0.5) is 10.7 Å². The van der Waals surface area contributed by atoms with Gasteiger partial charge in [0.15, 0.2) is 0 Å². The zero-order valence-corrected chi connectivity index (χ0v) is 13.7. The number of nitrogens with one attached hydrogen (secondary N) is 2. The normalized spacial score (nSPS) is 14.8. The van der Waals surface area contributed by atoms with Gasteiger partial charge in [0.25, 0.3) is 5.95 Å². The van der Waals surface area contributed by atoms with Crippen molar-refractivity contribution in [3.8, 4) is 11.3 Å². The maximum atomic E-state index is 12.4. The van der Waals surface area contributed by atoms with Crippen molar-refractivity contribution in [2.45, 2.75) is 18.4 Å². The highest BCUT2D eigenvalue weighted by atomic mass is 16.2. The van der Waals surface area contributed by atoms with Crippen molar-refractivity contribution in [2.24, 2.45) is 7.05 Å². The highest BCUT2D eigenvalue weighted by Crippen LogP contribution is 2.45. The van der Waals surface area contributed by atoms with Crippen molar-refractivity contribution >= 4 is 12.0 Å². The zero-order valence-electron chi connectivity index (χ0n) is 13.7. The minimum Gasteiger partial charge on any atom is -0.327 e. The fourth-order valence-corrected chi connectivity index (χ4v) is 2.87. The summed E-state index contributed by atoms with van der Waals surface area (Å²) >= 11 is 0. The molecule has 2 aromatic heterocycles. The number of carbonyl (C=O) groups excluding carboxylic acids is 1. The Kier molecular flexibility index (Phi) is 3.64. The topological polar surface area (TPSA) is 97.6 Å². The lowest BCUT2D eigenvalue weighted by Crippen LogP contribution is -2.39. The Morgan fingerprint density at radius 1 is 1.20 bits per heavy atom. The van der Waals surface area contributed by atoms with Crippen molar-refractivity contribution < 1.29 is 4.79 Å². The van der Waals surface area contributed by atoms with E-state index < -0.39 is 0 Å². The van der Waals surface area contributed by atoms with Crippen LogP contribution in [0.1, 0.15) is 18.5 Å². The highest BCUT2D eigenvalue weighted by molar-refractivity contribution is 5.88. The molecule has 1 aromatic carbocycles. The van der Waals surface area contributed by atoms with Crippen LogP contribution in [0.25, 0.3) is 11.3 Å². The van der Waals surface area contributed by atoms with Gasteiger partial charge in [-0.3, -0.25) is 10.00 Å². The number of amides is 2. The third-order valence-corrected chi connectivity index (χ3v) is 4.27. The number of aromatic nitrogens is 5. The Morgan fingerprint density at radius 2 is 2.00 bits per heavy atom. The first-order valence-corrected chi connectivity index (χ1v) is 7.99. The Morgan fingerprint density at radius 3 is 2.68 bits per heavy atom. The average molecular weight is 335 g/mol. The summed E-state index contributed by atoms with van der Waals surface area (Å²) in [5.74, 6) is 0.166. The minimum absolute atomic E-state index is 0.166. The number of anilines is 1. The molecule has 0 atom stereocenters. The summed E-state index contributed by atoms with van der Waals surface area (Å²) in [5, 5.41) is 17.6. The lowest BCUT2D eigenvalue weighted by atomic mass is 10.2. The summed E-state index contributed by atoms with van der Waals surface area (Å²) in [5.41, 5.74) is 2.19. The fraction of sp³-hybridized carbons (Fsp3) is 0.235. The second kappa shape index (κ2) is 5.97. The van der Waals surface area contributed by atoms with Crippen LogP contribution in [-0.4, -0.2) is 31.0 Å². The predicted molar refractivity (Wildman–Crippen MR) is 91.5 cm³/mol. The SMILES string of the molecule is Cn1nccc1C1(NC(=O)Nc2nncc(-c3ccccc3)n2)CC1. The van der Waals surface area contributed by atoms with Gasteiger partial charge in [0.2, 0.25) is 0 Å². The molecule has 0 aliphatic heterocycles. The standard InChI is InChI=1S/C17H17N7O/c1-24-14(7-10-19-24)17(8-9-17)22-16(25)21-15-20-13(11-18-23-15)12-5-3-2-4-6-12/h2-7,10-11H,8-9H2,1H3,(H2,20,21,22,23,25). The Balaban J connectivity index is 1.48. The summed E-state index contributed by atoms with van der Waals surface area (Å²) in [6.07, 6.45) is 5.05. The van der Waals surface area contributed by atoms with Crippen LogP contribution in [-0.2, 0) is 12.6 Å². The molecule has 8 nitrogen and oxygen atoms in total. The second-order valence-electron chi connectivity index (χ2n) is 6.03. The predicted octanol–water partition coefficient (Wildman–Crippen LogP) is 2.08. The molecule has 3 aromatic rings. The number of rotatable bonds is 4. The molecule has 1 fully saturated rings. The first-order valence-electron chi connectivity index (χ1n) is 7.99. The van der Waals surface area contributed by atoms with E-state index in [2.05, 4.69) is 30.9 Å². The van der Waals surface area contributed by atoms with Crippen LogP contribution >= 0.6 is 0 Å². The van der Waals surface area contributed by atoms with E-state index in [-0.39, 0.29) is 17.5 Å². The Bertz CT molecular complexity index is 902. The quantitative estimate of drug-likeness (QED) is 0.761. The van der Waals surface area contributed by atoms with E-state index in [1.807, 2.05) is 43.4 Å². The molecule has 1 aliphatic rings. The van der Waals surface area contributed by atoms with Gasteiger partial charge in [-0.05, 0) is 18.9 Å². The molecule has 0 spiro atoms. The van der Waals surface area contributed by atoms with Gasteiger partial charge >= 0.3 is 6.03 Å². The van der Waals surface area contributed by atoms with Gasteiger partial charge in [-0.1, -0.05) is 30.3 Å². The first-order chi connectivity index (χ1) is 12.2. The number of hydrogen-bond acceptors (Lipinski definition) is 5. The molecule has 1 saturated carbocycles. The molecule has 0 radical (unpaired) electrons. The Hall–Kier alpha value is -3.29. The Labute approximate surface area is 144 Å². The molecule has 1 aliphatic carbocycles. The van der Waals surface area contributed by atoms with E-state index in [1.54, 1.807) is 17.1 Å². The number of aryl methyl sites for hydroxylation is 1. The second-order valence-corrected chi connectivity index (χ2v) is 6.03. The molecule has 126 valence electrons. The third-order valence-electron chi connectivity index (χ3n) is 4.27. The molecule has 0 unspecified atom stereocenters. The van der Waals surface area contributed by atoms with Gasteiger partial charge in [0.05, 0.1) is 23.1 Å². The van der Waals surface area contributed by atoms with Crippen LogP contribution in [0.5, 0.6) is 0 Å². The van der Waals surface area contributed by atoms with Crippen molar-refractivity contribution in [3.05, 3.63) is 54.5 Å². The molecule has 2 heterocycles. The maximum absolute atomic E-state index is 12.4. The molecule has 25 heavy (non-hydrogen) atoms. The van der Waals surface area contributed by atoms with E-state index in [9.17, 15) is 4.79 Å². The number of nitrogens with zero attached hydrogens (tertiary/aromatic N) is 5. The fourth-order valence-electron chi connectivity index (χ4n) is 2.87. The van der Waals surface area contributed by atoms with E-state index in [1.165, 1.54) is 0 Å². The number of urea groups is 1. The molecule has 8 heteroatoms. The molecular weight excluding hydrogens is 318 g/mol. The van der Waals surface area contributed by atoms with Gasteiger partial charge in [-0.2, -0.15) is 10.2 Å². The zero-order chi connectivity index (χ0) is 17.3. The largest absolute Gasteiger partial charge is 0.327 e. The smallest absolute Gasteiger partial charge is 0.322 e. The van der Waals surface area contributed by atoms with Gasteiger partial charge in [0.1, 0.15) is 0 Å². The van der Waals surface area contributed by atoms with E-state index in [0.717, 1.165) is 24.1 Å². The molecule has 0 saturated heterocycles. The summed E-state index contributed by atoms with van der Waals surface area (Å²) < 4.78 is 1.78. The average Bonchev–Trinajstić information content (AvgIpc) is 3.26. The molecule has 0 bridgehead atoms. The summed E-state index contributed by atoms with van der Waals surface area (Å²) in [4.78, 5) is 16.7. The van der Waals surface area contributed by atoms with Crippen LogP contribution in [0.2, 0.25) is 0 Å². The number of carbonyl (C=O) groups is 1. The monoisotopic (exact) mass is 335 g/mol. The number of benzene rings is 1. The highest BCUT2D eigenvalue weighted by Gasteiger charge is 2.47. The summed E-state index contributed by atoms with van der Waals surface area (Å²) in [6.45, 7) is 0. The van der Waals surface area contributed by atoms with E-state index in [0.29, 0.717) is 5.69 Å². The lowest BCUT2D eigenvalue weighted by Gasteiger charge is -2.17. The molecule has 2 amide bonds. The van der Waals surface area contributed by atoms with E-state index >= 15 is 0 Å². The van der Waals surface area contributed by atoms with Crippen molar-refractivity contribution in [1.82, 2.24) is 30.3 Å². The van der Waals surface area contributed by atoms with Crippen LogP contribution in [0, 0.1) is 0 Å². The third kappa shape index (κ3) is 3.06. The van der Waals surface area contributed by atoms with Crippen molar-refractivity contribution in [1.29, 1.82) is 0 Å². The van der Waals surface area contributed by atoms with Crippen molar-refractivity contribution in [2.75, 3.05) is 5.32 Å².